The standard InChI is InChI=1S/C10H11IN2/c1-7-12-8-3-5-10(2,11)6-4-9(8)13-7/h3-6H,1-2H3,(H,12,13). The Morgan fingerprint density at radius 1 is 1.38 bits per heavy atom. The lowest BCUT2D eigenvalue weighted by Crippen LogP contribution is -2.04. The molecule has 0 aliphatic heterocycles. The third kappa shape index (κ3) is 1.85. The molecule has 1 aromatic heterocycles. The van der Waals surface area contributed by atoms with Crippen molar-refractivity contribution < 1.29 is 0 Å². The fourth-order valence-electron chi connectivity index (χ4n) is 1.33. The number of rotatable bonds is 0. The van der Waals surface area contributed by atoms with Crippen LogP contribution >= 0.6 is 22.6 Å². The molecule has 1 unspecified atom stereocenters. The first-order valence-corrected chi connectivity index (χ1v) is 5.29. The molecule has 13 heavy (non-hydrogen) atoms. The fourth-order valence-corrected chi connectivity index (χ4v) is 1.69. The molecule has 1 aromatic rings. The normalized spacial score (nSPS) is 18.4. The van der Waals surface area contributed by atoms with Crippen LogP contribution in [0.25, 0.3) is 12.2 Å². The number of imidazole rings is 1. The highest BCUT2D eigenvalue weighted by Gasteiger charge is 2.15. The maximum Gasteiger partial charge on any atom is 0.104 e. The van der Waals surface area contributed by atoms with E-state index < -0.39 is 0 Å². The van der Waals surface area contributed by atoms with Gasteiger partial charge in [0.05, 0.1) is 14.8 Å². The van der Waals surface area contributed by atoms with E-state index in [2.05, 4.69) is 63.8 Å². The number of aromatic nitrogens is 2. The third-order valence-electron chi connectivity index (χ3n) is 2.02. The molecule has 2 nitrogen and oxygen atoms in total. The number of aromatic amines is 1. The number of aryl methyl sites for hydroxylation is 1. The second-order valence-electron chi connectivity index (χ2n) is 3.44. The van der Waals surface area contributed by atoms with Crippen LogP contribution in [0.4, 0.5) is 0 Å². The molecule has 0 fully saturated rings. The summed E-state index contributed by atoms with van der Waals surface area (Å²) in [5, 5.41) is 0. The average molecular weight is 286 g/mol. The maximum atomic E-state index is 4.38. The summed E-state index contributed by atoms with van der Waals surface area (Å²) in [5.41, 5.74) is 2.14. The monoisotopic (exact) mass is 286 g/mol. The summed E-state index contributed by atoms with van der Waals surface area (Å²) in [6.45, 7) is 4.14. The minimum Gasteiger partial charge on any atom is -0.342 e. The first-order valence-electron chi connectivity index (χ1n) is 4.21. The zero-order valence-corrected chi connectivity index (χ0v) is 9.79. The summed E-state index contributed by atoms with van der Waals surface area (Å²) in [6.07, 6.45) is 8.51. The molecule has 2 rings (SSSR count). The molecule has 1 N–H and O–H groups in total. The van der Waals surface area contributed by atoms with Gasteiger partial charge in [0.1, 0.15) is 5.82 Å². The van der Waals surface area contributed by atoms with Gasteiger partial charge in [0.15, 0.2) is 0 Å². The van der Waals surface area contributed by atoms with E-state index in [-0.39, 0.29) is 3.42 Å². The first-order chi connectivity index (χ1) is 6.07. The van der Waals surface area contributed by atoms with E-state index >= 15 is 0 Å². The SMILES string of the molecule is Cc1nc2c([nH]1)C=CC(C)(I)C=C2. The molecule has 0 amide bonds. The number of allylic oxidation sites excluding steroid dienone is 2. The van der Waals surface area contributed by atoms with E-state index in [1.165, 1.54) is 0 Å². The molecule has 1 aliphatic carbocycles. The van der Waals surface area contributed by atoms with Gasteiger partial charge in [-0.1, -0.05) is 34.7 Å². The van der Waals surface area contributed by atoms with Crippen molar-refractivity contribution in [2.75, 3.05) is 0 Å². The van der Waals surface area contributed by atoms with Crippen LogP contribution in [-0.2, 0) is 0 Å². The summed E-state index contributed by atoms with van der Waals surface area (Å²) >= 11 is 2.40. The van der Waals surface area contributed by atoms with Crippen LogP contribution in [0.2, 0.25) is 0 Å². The lowest BCUT2D eigenvalue weighted by molar-refractivity contribution is 1.07. The number of hydrogen-bond acceptors (Lipinski definition) is 1. The summed E-state index contributed by atoms with van der Waals surface area (Å²) in [6, 6.07) is 0. The number of alkyl halides is 1. The molecule has 68 valence electrons. The van der Waals surface area contributed by atoms with Crippen LogP contribution < -0.4 is 0 Å². The Kier molecular flexibility index (Phi) is 2.06. The van der Waals surface area contributed by atoms with Crippen molar-refractivity contribution in [2.45, 2.75) is 17.3 Å². The van der Waals surface area contributed by atoms with E-state index in [1.807, 2.05) is 6.92 Å². The lowest BCUT2D eigenvalue weighted by atomic mass is 10.1. The summed E-state index contributed by atoms with van der Waals surface area (Å²) < 4.78 is 0.104. The van der Waals surface area contributed by atoms with Gasteiger partial charge in [-0.3, -0.25) is 0 Å². The van der Waals surface area contributed by atoms with E-state index in [0.29, 0.717) is 0 Å². The first kappa shape index (κ1) is 8.99. The number of halogens is 1. The molecule has 0 radical (unpaired) electrons. The Hall–Kier alpha value is -0.580. The van der Waals surface area contributed by atoms with Crippen LogP contribution in [0.15, 0.2) is 12.2 Å². The lowest BCUT2D eigenvalue weighted by Gasteiger charge is -2.09. The van der Waals surface area contributed by atoms with Gasteiger partial charge in [0.25, 0.3) is 0 Å². The zero-order chi connectivity index (χ0) is 9.47. The van der Waals surface area contributed by atoms with E-state index in [0.717, 1.165) is 17.2 Å². The van der Waals surface area contributed by atoms with Crippen LogP contribution in [-0.4, -0.2) is 13.4 Å². The van der Waals surface area contributed by atoms with E-state index in [4.69, 9.17) is 0 Å². The highest BCUT2D eigenvalue weighted by Crippen LogP contribution is 2.27. The van der Waals surface area contributed by atoms with Gasteiger partial charge in [0.2, 0.25) is 0 Å². The van der Waals surface area contributed by atoms with Gasteiger partial charge < -0.3 is 4.98 Å². The quantitative estimate of drug-likeness (QED) is 0.576. The van der Waals surface area contributed by atoms with Crippen molar-refractivity contribution in [2.24, 2.45) is 0 Å². The number of nitrogens with zero attached hydrogens (tertiary/aromatic N) is 1. The fraction of sp³-hybridized carbons (Fsp3) is 0.300. The summed E-state index contributed by atoms with van der Waals surface area (Å²) in [7, 11) is 0. The number of H-pyrrole nitrogens is 1. The van der Waals surface area contributed by atoms with Crippen molar-refractivity contribution in [1.82, 2.24) is 9.97 Å². The largest absolute Gasteiger partial charge is 0.342 e. The zero-order valence-electron chi connectivity index (χ0n) is 7.63. The Bertz CT molecular complexity index is 352. The van der Waals surface area contributed by atoms with Gasteiger partial charge in [-0.2, -0.15) is 0 Å². The molecular weight excluding hydrogens is 275 g/mol. The van der Waals surface area contributed by atoms with Gasteiger partial charge in [0, 0.05) is 0 Å². The molecule has 0 spiro atoms. The smallest absolute Gasteiger partial charge is 0.104 e. The van der Waals surface area contributed by atoms with Crippen molar-refractivity contribution in [3.63, 3.8) is 0 Å². The third-order valence-corrected chi connectivity index (χ3v) is 2.74. The van der Waals surface area contributed by atoms with Crippen molar-refractivity contribution in [1.29, 1.82) is 0 Å². The van der Waals surface area contributed by atoms with Gasteiger partial charge in [-0.15, -0.1) is 0 Å². The van der Waals surface area contributed by atoms with Gasteiger partial charge in [-0.05, 0) is 26.0 Å². The Morgan fingerprint density at radius 3 is 2.85 bits per heavy atom. The Labute approximate surface area is 91.3 Å². The predicted molar refractivity (Wildman–Crippen MR) is 63.8 cm³/mol. The highest BCUT2D eigenvalue weighted by molar-refractivity contribution is 14.1. The van der Waals surface area contributed by atoms with Crippen molar-refractivity contribution >= 4 is 34.7 Å². The number of fused-ring (bicyclic) bond motifs is 1. The topological polar surface area (TPSA) is 28.7 Å². The molecule has 0 saturated heterocycles. The number of nitrogens with one attached hydrogen (secondary N) is 1. The van der Waals surface area contributed by atoms with Crippen LogP contribution in [0.1, 0.15) is 24.1 Å². The van der Waals surface area contributed by atoms with Crippen LogP contribution in [0, 0.1) is 6.92 Å². The van der Waals surface area contributed by atoms with Crippen molar-refractivity contribution in [3.05, 3.63) is 29.4 Å². The molecule has 0 saturated carbocycles. The van der Waals surface area contributed by atoms with Crippen molar-refractivity contribution in [3.8, 4) is 0 Å². The van der Waals surface area contributed by atoms with E-state index in [1.54, 1.807) is 0 Å². The summed E-state index contributed by atoms with van der Waals surface area (Å²) in [4.78, 5) is 7.60. The van der Waals surface area contributed by atoms with Gasteiger partial charge >= 0.3 is 0 Å². The second kappa shape index (κ2) is 2.97. The molecule has 1 aliphatic rings. The Balaban J connectivity index is 2.50. The molecule has 1 heterocycles. The highest BCUT2D eigenvalue weighted by atomic mass is 127. The minimum atomic E-state index is 0.104. The van der Waals surface area contributed by atoms with Crippen LogP contribution in [0.3, 0.4) is 0 Å². The average Bonchev–Trinajstić information content (AvgIpc) is 2.34. The minimum absolute atomic E-state index is 0.104. The summed E-state index contributed by atoms with van der Waals surface area (Å²) in [5.74, 6) is 0.969. The van der Waals surface area contributed by atoms with Crippen LogP contribution in [0.5, 0.6) is 0 Å². The van der Waals surface area contributed by atoms with Gasteiger partial charge in [-0.25, -0.2) is 4.98 Å². The number of hydrogen-bond donors (Lipinski definition) is 1. The predicted octanol–water partition coefficient (Wildman–Crippen LogP) is 2.95. The molecule has 1 atom stereocenters. The maximum absolute atomic E-state index is 4.38. The molecular formula is C10H11IN2. The molecule has 3 heteroatoms. The molecule has 0 bridgehead atoms. The molecule has 0 aromatic carbocycles. The second-order valence-corrected chi connectivity index (χ2v) is 5.76. The Morgan fingerprint density at radius 2 is 2.08 bits per heavy atom. The van der Waals surface area contributed by atoms with E-state index in [9.17, 15) is 0 Å².